The summed E-state index contributed by atoms with van der Waals surface area (Å²) in [4.78, 5) is 26.8. The zero-order chi connectivity index (χ0) is 13.8. The lowest BCUT2D eigenvalue weighted by molar-refractivity contribution is -0.138. The van der Waals surface area contributed by atoms with Gasteiger partial charge in [-0.15, -0.1) is 0 Å². The molecule has 0 aromatic carbocycles. The van der Waals surface area contributed by atoms with Crippen molar-refractivity contribution in [1.82, 2.24) is 9.80 Å². The van der Waals surface area contributed by atoms with Crippen LogP contribution in [0.15, 0.2) is 0 Å². The molecule has 0 bridgehead atoms. The Bertz CT molecular complexity index is 339. The largest absolute Gasteiger partial charge is 0.480 e. The monoisotopic (exact) mass is 286 g/mol. The molecule has 1 N–H and O–H groups in total. The quantitative estimate of drug-likeness (QED) is 0.857. The van der Waals surface area contributed by atoms with Gasteiger partial charge < -0.3 is 14.9 Å². The van der Waals surface area contributed by atoms with Crippen LogP contribution in [-0.4, -0.2) is 64.1 Å². The lowest BCUT2D eigenvalue weighted by atomic mass is 10.2. The fourth-order valence-electron chi connectivity index (χ4n) is 2.90. The van der Waals surface area contributed by atoms with E-state index in [0.717, 1.165) is 43.6 Å². The van der Waals surface area contributed by atoms with Crippen molar-refractivity contribution >= 4 is 23.8 Å². The van der Waals surface area contributed by atoms with Crippen LogP contribution in [0, 0.1) is 0 Å². The van der Waals surface area contributed by atoms with Crippen molar-refractivity contribution in [1.29, 1.82) is 0 Å². The first-order valence-corrected chi connectivity index (χ1v) is 8.08. The van der Waals surface area contributed by atoms with Gasteiger partial charge in [0.2, 0.25) is 0 Å². The Morgan fingerprint density at radius 1 is 1.21 bits per heavy atom. The van der Waals surface area contributed by atoms with E-state index in [-0.39, 0.29) is 24.7 Å². The van der Waals surface area contributed by atoms with Gasteiger partial charge in [0, 0.05) is 24.9 Å². The van der Waals surface area contributed by atoms with Crippen molar-refractivity contribution in [3.63, 3.8) is 0 Å². The van der Waals surface area contributed by atoms with E-state index in [1.807, 2.05) is 18.8 Å². The van der Waals surface area contributed by atoms with E-state index in [2.05, 4.69) is 0 Å². The smallest absolute Gasteiger partial charge is 0.323 e. The summed E-state index contributed by atoms with van der Waals surface area (Å²) in [6.45, 7) is -0.173. The highest BCUT2D eigenvalue weighted by Crippen LogP contribution is 2.26. The minimum atomic E-state index is -0.922. The average molecular weight is 286 g/mol. The molecule has 2 rings (SSSR count). The number of carbonyl (C=O) groups excluding carboxylic acids is 1. The predicted molar refractivity (Wildman–Crippen MR) is 75.5 cm³/mol. The number of thioether (sulfide) groups is 1. The molecule has 1 atom stereocenters. The second-order valence-electron chi connectivity index (χ2n) is 5.37. The first kappa shape index (κ1) is 14.5. The molecule has 108 valence electrons. The number of aliphatic carboxylic acids is 1. The first-order valence-electron chi connectivity index (χ1n) is 6.92. The Morgan fingerprint density at radius 2 is 1.89 bits per heavy atom. The summed E-state index contributed by atoms with van der Waals surface area (Å²) in [5.41, 5.74) is 0. The summed E-state index contributed by atoms with van der Waals surface area (Å²) in [6.07, 6.45) is 5.07. The summed E-state index contributed by atoms with van der Waals surface area (Å²) >= 11 is 1.86. The van der Waals surface area contributed by atoms with Gasteiger partial charge in [-0.3, -0.25) is 4.79 Å². The fraction of sp³-hybridized carbons (Fsp3) is 0.846. The second kappa shape index (κ2) is 6.50. The molecule has 6 heteroatoms. The number of carboxylic acids is 1. The van der Waals surface area contributed by atoms with Crippen molar-refractivity contribution in [3.8, 4) is 0 Å². The van der Waals surface area contributed by atoms with E-state index in [1.54, 1.807) is 9.80 Å². The van der Waals surface area contributed by atoms with Gasteiger partial charge >= 0.3 is 12.0 Å². The highest BCUT2D eigenvalue weighted by molar-refractivity contribution is 7.99. The molecule has 2 amide bonds. The van der Waals surface area contributed by atoms with Gasteiger partial charge in [-0.25, -0.2) is 4.79 Å². The number of amides is 2. The molecular weight excluding hydrogens is 264 g/mol. The molecular formula is C13H22N2O3S. The molecule has 1 aliphatic carbocycles. The number of hydrogen-bond acceptors (Lipinski definition) is 3. The Balaban J connectivity index is 2.02. The van der Waals surface area contributed by atoms with E-state index in [4.69, 9.17) is 5.11 Å². The van der Waals surface area contributed by atoms with Crippen molar-refractivity contribution in [3.05, 3.63) is 0 Å². The normalized spacial score (nSPS) is 23.5. The minimum absolute atomic E-state index is 0.109. The van der Waals surface area contributed by atoms with Crippen LogP contribution in [0.4, 0.5) is 4.79 Å². The molecule has 19 heavy (non-hydrogen) atoms. The predicted octanol–water partition coefficient (Wildman–Crippen LogP) is 1.87. The topological polar surface area (TPSA) is 60.9 Å². The molecule has 1 heterocycles. The Kier molecular flexibility index (Phi) is 4.96. The van der Waals surface area contributed by atoms with Crippen LogP contribution < -0.4 is 0 Å². The highest BCUT2D eigenvalue weighted by atomic mass is 32.2. The third-order valence-electron chi connectivity index (χ3n) is 4.07. The van der Waals surface area contributed by atoms with Gasteiger partial charge in [-0.2, -0.15) is 11.8 Å². The standard InChI is InChI=1S/C13H22N2O3S/c1-14(11-6-7-19-9-11)13(18)15(8-12(16)17)10-4-2-3-5-10/h10-11H,2-9H2,1H3,(H,16,17). The van der Waals surface area contributed by atoms with Crippen LogP contribution >= 0.6 is 11.8 Å². The molecule has 0 aromatic heterocycles. The molecule has 2 fully saturated rings. The van der Waals surface area contributed by atoms with Crippen molar-refractivity contribution in [2.75, 3.05) is 25.1 Å². The molecule has 1 unspecified atom stereocenters. The average Bonchev–Trinajstić information content (AvgIpc) is 3.05. The maximum atomic E-state index is 12.5. The van der Waals surface area contributed by atoms with Crippen molar-refractivity contribution in [2.45, 2.75) is 44.2 Å². The maximum absolute atomic E-state index is 12.5. The summed E-state index contributed by atoms with van der Waals surface area (Å²) in [5, 5.41) is 9.02. The van der Waals surface area contributed by atoms with Gasteiger partial charge in [-0.1, -0.05) is 12.8 Å². The zero-order valence-corrected chi connectivity index (χ0v) is 12.2. The van der Waals surface area contributed by atoms with Crippen LogP contribution in [0.1, 0.15) is 32.1 Å². The lowest BCUT2D eigenvalue weighted by Crippen LogP contribution is -2.51. The van der Waals surface area contributed by atoms with Gasteiger partial charge in [0.05, 0.1) is 0 Å². The molecule has 1 aliphatic heterocycles. The Morgan fingerprint density at radius 3 is 2.42 bits per heavy atom. The van der Waals surface area contributed by atoms with Crippen molar-refractivity contribution < 1.29 is 14.7 Å². The van der Waals surface area contributed by atoms with Crippen LogP contribution in [0.2, 0.25) is 0 Å². The lowest BCUT2D eigenvalue weighted by Gasteiger charge is -2.34. The van der Waals surface area contributed by atoms with Gasteiger partial charge in [0.25, 0.3) is 0 Å². The molecule has 0 radical (unpaired) electrons. The third-order valence-corrected chi connectivity index (χ3v) is 5.22. The van der Waals surface area contributed by atoms with E-state index < -0.39 is 5.97 Å². The molecule has 1 saturated heterocycles. The van der Waals surface area contributed by atoms with Gasteiger partial charge in [-0.05, 0) is 25.0 Å². The zero-order valence-electron chi connectivity index (χ0n) is 11.4. The van der Waals surface area contributed by atoms with E-state index in [1.165, 1.54) is 0 Å². The van der Waals surface area contributed by atoms with Crippen LogP contribution in [0.5, 0.6) is 0 Å². The van der Waals surface area contributed by atoms with E-state index in [9.17, 15) is 9.59 Å². The summed E-state index contributed by atoms with van der Waals surface area (Å²) < 4.78 is 0. The molecule has 0 spiro atoms. The fourth-order valence-corrected chi connectivity index (χ4v) is 4.17. The summed E-state index contributed by atoms with van der Waals surface area (Å²) in [7, 11) is 1.81. The maximum Gasteiger partial charge on any atom is 0.323 e. The SMILES string of the molecule is CN(C(=O)N(CC(=O)O)C1CCCC1)C1CCSC1. The molecule has 2 aliphatic rings. The molecule has 1 saturated carbocycles. The van der Waals surface area contributed by atoms with Crippen LogP contribution in [-0.2, 0) is 4.79 Å². The number of nitrogens with zero attached hydrogens (tertiary/aromatic N) is 2. The highest BCUT2D eigenvalue weighted by Gasteiger charge is 2.33. The Hall–Kier alpha value is -0.910. The number of carboxylic acid groups (broad SMARTS) is 1. The van der Waals surface area contributed by atoms with Gasteiger partial charge in [0.1, 0.15) is 6.54 Å². The number of rotatable bonds is 4. The number of hydrogen-bond donors (Lipinski definition) is 1. The molecule has 0 aromatic rings. The first-order chi connectivity index (χ1) is 9.09. The van der Waals surface area contributed by atoms with E-state index >= 15 is 0 Å². The Labute approximate surface area is 118 Å². The van der Waals surface area contributed by atoms with Crippen molar-refractivity contribution in [2.24, 2.45) is 0 Å². The number of urea groups is 1. The van der Waals surface area contributed by atoms with E-state index in [0.29, 0.717) is 0 Å². The summed E-state index contributed by atoms with van der Waals surface area (Å²) in [6, 6.07) is 0.261. The summed E-state index contributed by atoms with van der Waals surface area (Å²) in [5.74, 6) is 1.13. The second-order valence-corrected chi connectivity index (χ2v) is 6.52. The minimum Gasteiger partial charge on any atom is -0.480 e. The van der Waals surface area contributed by atoms with Crippen LogP contribution in [0.3, 0.4) is 0 Å². The number of carbonyl (C=O) groups is 2. The third kappa shape index (κ3) is 3.55. The van der Waals surface area contributed by atoms with Crippen LogP contribution in [0.25, 0.3) is 0 Å². The van der Waals surface area contributed by atoms with Gasteiger partial charge in [0.15, 0.2) is 0 Å². The molecule has 5 nitrogen and oxygen atoms in total.